The van der Waals surface area contributed by atoms with Crippen molar-refractivity contribution in [3.8, 4) is 0 Å². The van der Waals surface area contributed by atoms with Gasteiger partial charge in [0, 0.05) is 33.9 Å². The molecule has 0 fully saturated rings. The number of aromatic nitrogens is 1. The van der Waals surface area contributed by atoms with Crippen molar-refractivity contribution in [2.24, 2.45) is 0 Å². The Morgan fingerprint density at radius 2 is 2.09 bits per heavy atom. The van der Waals surface area contributed by atoms with Gasteiger partial charge in [-0.3, -0.25) is 9.59 Å². The Morgan fingerprint density at radius 1 is 1.27 bits per heavy atom. The molecule has 112 valence electrons. The number of carbonyl (C=O) groups is 1. The number of thiophene rings is 1. The van der Waals surface area contributed by atoms with Gasteiger partial charge < -0.3 is 15.4 Å². The number of aliphatic hydroxyl groups excluding tert-OH is 1. The lowest BCUT2D eigenvalue weighted by Crippen LogP contribution is -2.28. The molecule has 0 saturated carbocycles. The van der Waals surface area contributed by atoms with Crippen molar-refractivity contribution in [1.82, 2.24) is 10.3 Å². The van der Waals surface area contributed by atoms with Crippen molar-refractivity contribution in [3.05, 3.63) is 69.5 Å². The van der Waals surface area contributed by atoms with Gasteiger partial charge in [0.1, 0.15) is 6.10 Å². The van der Waals surface area contributed by atoms with Gasteiger partial charge in [0.15, 0.2) is 0 Å². The summed E-state index contributed by atoms with van der Waals surface area (Å²) in [5.41, 5.74) is -0.0648. The van der Waals surface area contributed by atoms with E-state index < -0.39 is 6.10 Å². The number of H-pyrrole nitrogens is 1. The molecule has 3 N–H and O–H groups in total. The summed E-state index contributed by atoms with van der Waals surface area (Å²) in [5, 5.41) is 13.9. The van der Waals surface area contributed by atoms with E-state index >= 15 is 0 Å². The van der Waals surface area contributed by atoms with Crippen molar-refractivity contribution in [1.29, 1.82) is 0 Å². The topological polar surface area (TPSA) is 82.2 Å². The highest BCUT2D eigenvalue weighted by Crippen LogP contribution is 2.29. The van der Waals surface area contributed by atoms with Crippen LogP contribution in [0.2, 0.25) is 0 Å². The van der Waals surface area contributed by atoms with E-state index in [-0.39, 0.29) is 23.6 Å². The standard InChI is InChI=1S/C16H14N2O3S/c19-12(14-7-10-3-1-2-4-13(10)22-14)9-18-16(21)11-5-6-17-15(20)8-11/h1-8,12,19H,9H2,(H,17,20)(H,18,21). The number of aromatic amines is 1. The summed E-state index contributed by atoms with van der Waals surface area (Å²) in [6, 6.07) is 12.5. The van der Waals surface area contributed by atoms with Crippen LogP contribution < -0.4 is 10.9 Å². The predicted molar refractivity (Wildman–Crippen MR) is 86.2 cm³/mol. The second kappa shape index (κ2) is 6.13. The van der Waals surface area contributed by atoms with Crippen LogP contribution in [0.15, 0.2) is 53.5 Å². The summed E-state index contributed by atoms with van der Waals surface area (Å²) >= 11 is 1.50. The zero-order valence-corrected chi connectivity index (χ0v) is 12.4. The highest BCUT2D eigenvalue weighted by Gasteiger charge is 2.13. The lowest BCUT2D eigenvalue weighted by Gasteiger charge is -2.10. The minimum atomic E-state index is -0.775. The SMILES string of the molecule is O=C(NCC(O)c1cc2ccccc2s1)c1cc[nH]c(=O)c1. The molecular weight excluding hydrogens is 300 g/mol. The molecule has 0 spiro atoms. The molecule has 0 aliphatic rings. The van der Waals surface area contributed by atoms with Gasteiger partial charge >= 0.3 is 0 Å². The third-order valence-electron chi connectivity index (χ3n) is 3.27. The number of hydrogen-bond acceptors (Lipinski definition) is 4. The van der Waals surface area contributed by atoms with Crippen LogP contribution in [0.1, 0.15) is 21.3 Å². The number of aliphatic hydroxyl groups is 1. The Balaban J connectivity index is 1.68. The number of carbonyl (C=O) groups excluding carboxylic acids is 1. The van der Waals surface area contributed by atoms with E-state index in [1.165, 1.54) is 29.7 Å². The Bertz CT molecular complexity index is 836. The van der Waals surface area contributed by atoms with Gasteiger partial charge in [-0.15, -0.1) is 11.3 Å². The van der Waals surface area contributed by atoms with Gasteiger partial charge in [-0.1, -0.05) is 18.2 Å². The van der Waals surface area contributed by atoms with Gasteiger partial charge in [0.25, 0.3) is 5.91 Å². The van der Waals surface area contributed by atoms with E-state index in [1.807, 2.05) is 30.3 Å². The van der Waals surface area contributed by atoms with Crippen molar-refractivity contribution in [3.63, 3.8) is 0 Å². The number of amides is 1. The van der Waals surface area contributed by atoms with E-state index in [1.54, 1.807) is 0 Å². The van der Waals surface area contributed by atoms with Crippen molar-refractivity contribution in [2.75, 3.05) is 6.54 Å². The number of nitrogens with one attached hydrogen (secondary N) is 2. The summed E-state index contributed by atoms with van der Waals surface area (Å²) in [5.74, 6) is -0.383. The number of rotatable bonds is 4. The first kappa shape index (κ1) is 14.5. The van der Waals surface area contributed by atoms with Crippen molar-refractivity contribution >= 4 is 27.3 Å². The van der Waals surface area contributed by atoms with Crippen molar-refractivity contribution in [2.45, 2.75) is 6.10 Å². The van der Waals surface area contributed by atoms with Gasteiger partial charge in [0.05, 0.1) is 0 Å². The van der Waals surface area contributed by atoms with Crippen LogP contribution in [0.5, 0.6) is 0 Å². The van der Waals surface area contributed by atoms with Crippen molar-refractivity contribution < 1.29 is 9.90 Å². The Labute approximate surface area is 130 Å². The lowest BCUT2D eigenvalue weighted by atomic mass is 10.2. The third kappa shape index (κ3) is 3.08. The molecule has 6 heteroatoms. The first-order valence-corrected chi connectivity index (χ1v) is 7.58. The fraction of sp³-hybridized carbons (Fsp3) is 0.125. The predicted octanol–water partition coefficient (Wildman–Crippen LogP) is 2.05. The summed E-state index contributed by atoms with van der Waals surface area (Å²) in [7, 11) is 0. The number of pyridine rings is 1. The average Bonchev–Trinajstić information content (AvgIpc) is 2.96. The molecule has 2 heterocycles. The molecule has 0 bridgehead atoms. The smallest absolute Gasteiger partial charge is 0.251 e. The van der Waals surface area contributed by atoms with E-state index in [9.17, 15) is 14.7 Å². The lowest BCUT2D eigenvalue weighted by molar-refractivity contribution is 0.0918. The molecule has 0 aliphatic carbocycles. The summed E-state index contributed by atoms with van der Waals surface area (Å²) in [4.78, 5) is 26.4. The van der Waals surface area contributed by atoms with Gasteiger partial charge in [-0.2, -0.15) is 0 Å². The number of benzene rings is 1. The molecule has 3 aromatic rings. The summed E-state index contributed by atoms with van der Waals surface area (Å²) in [6.45, 7) is 0.0957. The van der Waals surface area contributed by atoms with E-state index in [0.29, 0.717) is 0 Å². The highest BCUT2D eigenvalue weighted by atomic mass is 32.1. The highest BCUT2D eigenvalue weighted by molar-refractivity contribution is 7.19. The third-order valence-corrected chi connectivity index (χ3v) is 4.48. The normalized spacial score (nSPS) is 12.2. The fourth-order valence-electron chi connectivity index (χ4n) is 2.14. The zero-order chi connectivity index (χ0) is 15.5. The van der Waals surface area contributed by atoms with Crippen LogP contribution in [-0.4, -0.2) is 22.5 Å². The number of hydrogen-bond donors (Lipinski definition) is 3. The molecule has 1 atom stereocenters. The Morgan fingerprint density at radius 3 is 2.86 bits per heavy atom. The molecule has 22 heavy (non-hydrogen) atoms. The Kier molecular flexibility index (Phi) is 4.04. The maximum Gasteiger partial charge on any atom is 0.251 e. The minimum absolute atomic E-state index is 0.0957. The second-order valence-electron chi connectivity index (χ2n) is 4.85. The molecule has 0 saturated heterocycles. The summed E-state index contributed by atoms with van der Waals surface area (Å²) in [6.07, 6.45) is 0.642. The largest absolute Gasteiger partial charge is 0.386 e. The molecule has 1 aromatic carbocycles. The van der Waals surface area contributed by atoms with Crippen LogP contribution in [0, 0.1) is 0 Å². The number of fused-ring (bicyclic) bond motifs is 1. The van der Waals surface area contributed by atoms with Gasteiger partial charge in [0.2, 0.25) is 5.56 Å². The Hall–Kier alpha value is -2.44. The molecule has 3 rings (SSSR count). The zero-order valence-electron chi connectivity index (χ0n) is 11.6. The van der Waals surface area contributed by atoms with Crippen LogP contribution in [0.4, 0.5) is 0 Å². The van der Waals surface area contributed by atoms with Gasteiger partial charge in [-0.05, 0) is 23.6 Å². The molecular formula is C16H14N2O3S. The second-order valence-corrected chi connectivity index (χ2v) is 5.97. The monoisotopic (exact) mass is 314 g/mol. The van der Waals surface area contributed by atoms with E-state index in [4.69, 9.17) is 0 Å². The fourth-order valence-corrected chi connectivity index (χ4v) is 3.20. The maximum atomic E-state index is 11.9. The molecule has 0 radical (unpaired) electrons. The molecule has 5 nitrogen and oxygen atoms in total. The van der Waals surface area contributed by atoms with Crippen LogP contribution in [0.3, 0.4) is 0 Å². The first-order chi connectivity index (χ1) is 10.6. The van der Waals surface area contributed by atoms with Crippen LogP contribution in [0.25, 0.3) is 10.1 Å². The van der Waals surface area contributed by atoms with E-state index in [0.717, 1.165) is 15.0 Å². The quantitative estimate of drug-likeness (QED) is 0.689. The van der Waals surface area contributed by atoms with Crippen LogP contribution >= 0.6 is 11.3 Å². The summed E-state index contributed by atoms with van der Waals surface area (Å²) < 4.78 is 1.09. The van der Waals surface area contributed by atoms with E-state index in [2.05, 4.69) is 10.3 Å². The molecule has 1 amide bonds. The minimum Gasteiger partial charge on any atom is -0.386 e. The average molecular weight is 314 g/mol. The van der Waals surface area contributed by atoms with Gasteiger partial charge in [-0.25, -0.2) is 0 Å². The molecule has 1 unspecified atom stereocenters. The molecule has 0 aliphatic heterocycles. The molecule has 2 aromatic heterocycles. The maximum absolute atomic E-state index is 11.9. The first-order valence-electron chi connectivity index (χ1n) is 6.77. The van der Waals surface area contributed by atoms with Crippen LogP contribution in [-0.2, 0) is 0 Å².